The summed E-state index contributed by atoms with van der Waals surface area (Å²) in [5.41, 5.74) is -1.84. The Labute approximate surface area is 252 Å². The number of carbonyl (C=O) groups excluding carboxylic acids is 1. The van der Waals surface area contributed by atoms with Gasteiger partial charge in [-0.1, -0.05) is 30.3 Å². The van der Waals surface area contributed by atoms with Crippen LogP contribution >= 0.6 is 23.5 Å². The normalized spacial score (nSPS) is 21.0. The third kappa shape index (κ3) is 10.1. The number of rotatable bonds is 13. The van der Waals surface area contributed by atoms with E-state index in [2.05, 4.69) is 18.5 Å². The number of hydrogen-bond donors (Lipinski definition) is 7. The minimum absolute atomic E-state index is 0.00430. The summed E-state index contributed by atoms with van der Waals surface area (Å²) in [7, 11) is -16.9. The molecule has 1 aliphatic heterocycles. The predicted octanol–water partition coefficient (Wildman–Crippen LogP) is 1.25. The second-order valence-electron chi connectivity index (χ2n) is 9.27. The van der Waals surface area contributed by atoms with Crippen molar-refractivity contribution in [1.82, 2.24) is 14.9 Å². The lowest BCUT2D eigenvalue weighted by Gasteiger charge is -2.19. The molecule has 2 heterocycles. The van der Waals surface area contributed by atoms with Gasteiger partial charge >= 0.3 is 29.2 Å². The van der Waals surface area contributed by atoms with Gasteiger partial charge in [0, 0.05) is 19.2 Å². The zero-order valence-corrected chi connectivity index (χ0v) is 25.3. The number of phosphoric acid groups is 3. The number of phosphoric ester groups is 1. The Bertz CT molecular complexity index is 1770. The van der Waals surface area contributed by atoms with Crippen molar-refractivity contribution in [2.75, 3.05) is 6.61 Å². The van der Waals surface area contributed by atoms with E-state index in [9.17, 15) is 43.0 Å². The molecule has 4 rings (SSSR count). The molecule has 0 bridgehead atoms. The van der Waals surface area contributed by atoms with E-state index >= 15 is 0 Å². The number of hydrogen-bond acceptors (Lipinski definition) is 12. The highest BCUT2D eigenvalue weighted by Gasteiger charge is 2.43. The first-order chi connectivity index (χ1) is 21.0. The quantitative estimate of drug-likeness (QED) is 0.124. The third-order valence-corrected chi connectivity index (χ3v) is 9.70. The number of ether oxygens (including phenoxy) is 2. The van der Waals surface area contributed by atoms with E-state index in [4.69, 9.17) is 19.3 Å². The van der Waals surface area contributed by atoms with E-state index < -0.39 is 71.2 Å². The van der Waals surface area contributed by atoms with Gasteiger partial charge in [0.05, 0.1) is 12.7 Å². The first kappa shape index (κ1) is 34.6. The SMILES string of the molecule is O=C(NCc1ccc(Oc2ccccc2)cc1)c1cn([C@H]2C[C@H](O)[C@@H](COP(=O)(O)OP(=O)(O)OP(=O)(O)O)O2)c(=O)[nH]c1=O. The first-order valence-electron chi connectivity index (χ1n) is 12.6. The Hall–Kier alpha value is -3.28. The molecule has 2 unspecified atom stereocenters. The molecule has 1 fully saturated rings. The summed E-state index contributed by atoms with van der Waals surface area (Å²) >= 11 is 0. The summed E-state index contributed by atoms with van der Waals surface area (Å²) in [5, 5.41) is 12.9. The lowest BCUT2D eigenvalue weighted by molar-refractivity contribution is -0.0450. The highest BCUT2D eigenvalue weighted by molar-refractivity contribution is 7.66. The van der Waals surface area contributed by atoms with Crippen LogP contribution in [-0.2, 0) is 38.1 Å². The molecule has 0 aliphatic carbocycles. The zero-order chi connectivity index (χ0) is 33.0. The molecule has 0 saturated carbocycles. The van der Waals surface area contributed by atoms with Gasteiger partial charge in [0.15, 0.2) is 0 Å². The lowest BCUT2D eigenvalue weighted by Crippen LogP contribution is -2.38. The molecule has 0 spiro atoms. The maximum Gasteiger partial charge on any atom is 0.490 e. The van der Waals surface area contributed by atoms with Gasteiger partial charge in [0.25, 0.3) is 11.5 Å². The summed E-state index contributed by atoms with van der Waals surface area (Å²) in [4.78, 5) is 75.7. The zero-order valence-electron chi connectivity index (χ0n) is 22.6. The van der Waals surface area contributed by atoms with Crippen molar-refractivity contribution in [3.05, 3.63) is 92.8 Å². The van der Waals surface area contributed by atoms with E-state index in [0.29, 0.717) is 17.1 Å². The second-order valence-corrected chi connectivity index (χ2v) is 13.7. The van der Waals surface area contributed by atoms with Crippen molar-refractivity contribution in [2.24, 2.45) is 0 Å². The molecular formula is C23H26N3O16P3. The van der Waals surface area contributed by atoms with Crippen LogP contribution in [0.2, 0.25) is 0 Å². The average molecular weight is 693 g/mol. The third-order valence-electron chi connectivity index (χ3n) is 5.90. The largest absolute Gasteiger partial charge is 0.490 e. The number of aliphatic hydroxyl groups excluding tert-OH is 1. The first-order valence-corrected chi connectivity index (χ1v) is 17.1. The van der Waals surface area contributed by atoms with E-state index in [1.807, 2.05) is 23.2 Å². The maximum absolute atomic E-state index is 12.8. The van der Waals surface area contributed by atoms with Crippen LogP contribution in [-0.4, -0.2) is 59.0 Å². The topological polar surface area (TPSA) is 282 Å². The molecule has 1 aromatic heterocycles. The fourth-order valence-electron chi connectivity index (χ4n) is 3.95. The van der Waals surface area contributed by atoms with Gasteiger partial charge in [-0.25, -0.2) is 18.5 Å². The maximum atomic E-state index is 12.8. The number of aliphatic hydroxyl groups is 1. The van der Waals surface area contributed by atoms with Crippen LogP contribution in [0.15, 0.2) is 70.4 Å². The molecule has 45 heavy (non-hydrogen) atoms. The second kappa shape index (κ2) is 14.0. The van der Waals surface area contributed by atoms with Crippen molar-refractivity contribution < 1.29 is 65.8 Å². The molecule has 19 nitrogen and oxygen atoms in total. The number of amides is 1. The Balaban J connectivity index is 1.36. The predicted molar refractivity (Wildman–Crippen MR) is 150 cm³/mol. The number of aromatic nitrogens is 2. The number of para-hydroxylation sites is 1. The standard InChI is InChI=1S/C23H26N3O16P3/c27-18-10-20(40-19(18)13-38-44(34,35)42-45(36,37)41-43(31,32)33)26-12-17(22(29)25-23(26)30)21(28)24-11-14-6-8-16(9-7-14)39-15-4-2-1-3-5-15/h1-9,12,18-20,27H,10-11,13H2,(H,24,28)(H,34,35)(H,36,37)(H,25,29,30)(H2,31,32,33)/t18-,19+,20+/m0/s1. The summed E-state index contributed by atoms with van der Waals surface area (Å²) in [6.07, 6.45) is -3.68. The molecule has 244 valence electrons. The van der Waals surface area contributed by atoms with Crippen LogP contribution in [0.25, 0.3) is 0 Å². The van der Waals surface area contributed by atoms with E-state index in [1.165, 1.54) is 0 Å². The van der Waals surface area contributed by atoms with Crippen LogP contribution in [0.1, 0.15) is 28.6 Å². The fourth-order valence-corrected chi connectivity index (χ4v) is 6.98. The van der Waals surface area contributed by atoms with E-state index in [0.717, 1.165) is 10.8 Å². The summed E-state index contributed by atoms with van der Waals surface area (Å²) in [6.45, 7) is -0.980. The minimum Gasteiger partial charge on any atom is -0.457 e. The number of benzene rings is 2. The Morgan fingerprint density at radius 1 is 0.956 bits per heavy atom. The van der Waals surface area contributed by atoms with Crippen molar-refractivity contribution in [2.45, 2.75) is 31.4 Å². The van der Waals surface area contributed by atoms with Crippen LogP contribution in [0, 0.1) is 0 Å². The van der Waals surface area contributed by atoms with Crippen molar-refractivity contribution in [1.29, 1.82) is 0 Å². The minimum atomic E-state index is -5.77. The molecule has 7 N–H and O–H groups in total. The molecule has 0 radical (unpaired) electrons. The smallest absolute Gasteiger partial charge is 0.457 e. The van der Waals surface area contributed by atoms with Crippen LogP contribution < -0.4 is 21.3 Å². The molecule has 1 aliphatic rings. The van der Waals surface area contributed by atoms with Crippen LogP contribution in [0.5, 0.6) is 11.5 Å². The van der Waals surface area contributed by atoms with E-state index in [1.54, 1.807) is 36.4 Å². The number of nitrogens with one attached hydrogen (secondary N) is 2. The number of nitrogens with zero attached hydrogens (tertiary/aromatic N) is 1. The van der Waals surface area contributed by atoms with Gasteiger partial charge in [-0.15, -0.1) is 0 Å². The Morgan fingerprint density at radius 2 is 1.60 bits per heavy atom. The lowest BCUT2D eigenvalue weighted by atomic mass is 10.2. The average Bonchev–Trinajstić information content (AvgIpc) is 3.30. The molecule has 2 aromatic carbocycles. The number of carbonyl (C=O) groups is 1. The highest BCUT2D eigenvalue weighted by atomic mass is 31.3. The van der Waals surface area contributed by atoms with Gasteiger partial charge in [-0.3, -0.25) is 23.7 Å². The number of aromatic amines is 1. The molecular weight excluding hydrogens is 667 g/mol. The van der Waals surface area contributed by atoms with Gasteiger partial charge < -0.3 is 39.5 Å². The monoisotopic (exact) mass is 693 g/mol. The summed E-state index contributed by atoms with van der Waals surface area (Å²) in [5.74, 6) is 0.341. The van der Waals surface area contributed by atoms with Gasteiger partial charge in [-0.2, -0.15) is 8.62 Å². The van der Waals surface area contributed by atoms with Gasteiger partial charge in [-0.05, 0) is 29.8 Å². The number of H-pyrrole nitrogens is 1. The molecule has 1 amide bonds. The van der Waals surface area contributed by atoms with Gasteiger partial charge in [0.2, 0.25) is 0 Å². The molecule has 1 saturated heterocycles. The van der Waals surface area contributed by atoms with Crippen molar-refractivity contribution in [3.63, 3.8) is 0 Å². The van der Waals surface area contributed by atoms with Gasteiger partial charge in [0.1, 0.15) is 29.4 Å². The Morgan fingerprint density at radius 3 is 2.24 bits per heavy atom. The molecule has 5 atom stereocenters. The molecule has 3 aromatic rings. The van der Waals surface area contributed by atoms with Crippen LogP contribution in [0.4, 0.5) is 0 Å². The molecule has 22 heteroatoms. The summed E-state index contributed by atoms with van der Waals surface area (Å²) in [6, 6.07) is 15.8. The Kier molecular flexibility index (Phi) is 10.8. The van der Waals surface area contributed by atoms with E-state index in [-0.39, 0.29) is 13.0 Å². The van der Waals surface area contributed by atoms with Crippen molar-refractivity contribution in [3.8, 4) is 11.5 Å². The fraction of sp³-hybridized carbons (Fsp3) is 0.261. The van der Waals surface area contributed by atoms with Crippen LogP contribution in [0.3, 0.4) is 0 Å². The van der Waals surface area contributed by atoms with Crippen molar-refractivity contribution >= 4 is 29.4 Å². The highest BCUT2D eigenvalue weighted by Crippen LogP contribution is 2.66. The summed E-state index contributed by atoms with van der Waals surface area (Å²) < 4.78 is 57.8.